The predicted octanol–water partition coefficient (Wildman–Crippen LogP) is 6.24. The highest BCUT2D eigenvalue weighted by Crippen LogP contribution is 2.35. The third-order valence-electron chi connectivity index (χ3n) is 7.66. The number of hydrogen-bond donors (Lipinski definition) is 2. The molecule has 1 aromatic carbocycles. The van der Waals surface area contributed by atoms with Crippen LogP contribution in [0.15, 0.2) is 42.5 Å². The summed E-state index contributed by atoms with van der Waals surface area (Å²) in [5, 5.41) is 23.1. The monoisotopic (exact) mass is 527 g/mol. The second kappa shape index (κ2) is 12.5. The third kappa shape index (κ3) is 7.15. The van der Waals surface area contributed by atoms with Gasteiger partial charge in [-0.15, -0.1) is 17.9 Å². The van der Waals surface area contributed by atoms with Crippen LogP contribution >= 0.6 is 11.3 Å². The Morgan fingerprint density at radius 1 is 1.24 bits per heavy atom. The van der Waals surface area contributed by atoms with E-state index in [-0.39, 0.29) is 18.1 Å². The van der Waals surface area contributed by atoms with E-state index in [4.69, 9.17) is 4.74 Å². The molecule has 0 bridgehead atoms. The first-order valence-corrected chi connectivity index (χ1v) is 14.0. The molecule has 0 saturated carbocycles. The summed E-state index contributed by atoms with van der Waals surface area (Å²) >= 11 is 1.62. The number of cyclic esters (lactones) is 1. The number of carbonyl (C=O) groups is 2. The van der Waals surface area contributed by atoms with Crippen LogP contribution in [0, 0.1) is 24.2 Å². The van der Waals surface area contributed by atoms with Crippen LogP contribution in [0.4, 0.5) is 0 Å². The van der Waals surface area contributed by atoms with Crippen LogP contribution in [-0.4, -0.2) is 39.2 Å². The number of ketones is 1. The van der Waals surface area contributed by atoms with Gasteiger partial charge in [0.15, 0.2) is 0 Å². The lowest BCUT2D eigenvalue weighted by atomic mass is 9.71. The molecule has 2 aromatic rings. The SMILES string of the molecule is C=CC[C@H]1C(=O)C(C)(C)[C@@H](O)CC(=O)OC(c2ccc3sc(C)nc3c2)CC=C(C)CCC[C@H](C)C1O. The first kappa shape index (κ1) is 29.2. The summed E-state index contributed by atoms with van der Waals surface area (Å²) < 4.78 is 6.99. The smallest absolute Gasteiger partial charge is 0.309 e. The number of thiazole rings is 1. The molecule has 5 atom stereocenters. The average molecular weight is 528 g/mol. The van der Waals surface area contributed by atoms with Crippen molar-refractivity contribution >= 4 is 33.3 Å². The van der Waals surface area contributed by atoms with Crippen LogP contribution in [0.3, 0.4) is 0 Å². The van der Waals surface area contributed by atoms with Crippen LogP contribution in [0.1, 0.15) is 82.9 Å². The van der Waals surface area contributed by atoms with Gasteiger partial charge in [-0.05, 0) is 63.1 Å². The van der Waals surface area contributed by atoms with E-state index in [1.165, 1.54) is 5.57 Å². The van der Waals surface area contributed by atoms with Gasteiger partial charge in [0.2, 0.25) is 0 Å². The maximum Gasteiger partial charge on any atom is 0.309 e. The van der Waals surface area contributed by atoms with Gasteiger partial charge in [0.25, 0.3) is 0 Å². The molecule has 2 unspecified atom stereocenters. The zero-order valence-corrected chi connectivity index (χ0v) is 23.5. The lowest BCUT2D eigenvalue weighted by molar-refractivity contribution is -0.156. The predicted molar refractivity (Wildman–Crippen MR) is 148 cm³/mol. The lowest BCUT2D eigenvalue weighted by Crippen LogP contribution is -2.46. The number of Topliss-reactive ketones (excluding diaryl/α,β-unsaturated/α-hetero) is 1. The zero-order valence-electron chi connectivity index (χ0n) is 22.7. The molecular formula is C30H41NO5S. The summed E-state index contributed by atoms with van der Waals surface area (Å²) in [6, 6.07) is 5.93. The highest BCUT2D eigenvalue weighted by molar-refractivity contribution is 7.18. The number of aliphatic hydroxyl groups excluding tert-OH is 2. The number of benzene rings is 1. The van der Waals surface area contributed by atoms with Crippen LogP contribution < -0.4 is 0 Å². The van der Waals surface area contributed by atoms with Gasteiger partial charge in [0.05, 0.1) is 39.3 Å². The standard InChI is InChI=1S/C30H41NO5S/c1-7-9-22-28(34)19(3)11-8-10-18(2)12-14-24(21-13-15-25-23(16-21)31-20(4)37-25)36-27(33)17-26(32)30(5,6)29(22)35/h7,12-13,15-16,19,22,24,26,28,32,34H,1,8-11,14,17H2,2-6H3/t19-,22+,24?,26-,28?/m0/s1. The summed E-state index contributed by atoms with van der Waals surface area (Å²) in [7, 11) is 0. The zero-order chi connectivity index (χ0) is 27.3. The fraction of sp³-hybridized carbons (Fsp3) is 0.567. The Morgan fingerprint density at radius 2 is 1.97 bits per heavy atom. The second-order valence-electron chi connectivity index (χ2n) is 11.0. The van der Waals surface area contributed by atoms with Crippen LogP contribution in [0.25, 0.3) is 10.2 Å². The molecule has 202 valence electrons. The third-order valence-corrected chi connectivity index (χ3v) is 8.61. The Bertz CT molecular complexity index is 1150. The number of rotatable bonds is 3. The minimum absolute atomic E-state index is 0.0893. The van der Waals surface area contributed by atoms with E-state index in [0.29, 0.717) is 12.8 Å². The molecular weight excluding hydrogens is 486 g/mol. The Hall–Kier alpha value is -2.35. The van der Waals surface area contributed by atoms with Gasteiger partial charge in [0.1, 0.15) is 11.9 Å². The molecule has 0 saturated heterocycles. The van der Waals surface area contributed by atoms with Gasteiger partial charge in [-0.3, -0.25) is 9.59 Å². The van der Waals surface area contributed by atoms with Crippen LogP contribution in [0.5, 0.6) is 0 Å². The number of hydrogen-bond acceptors (Lipinski definition) is 7. The van der Waals surface area contributed by atoms with Crippen molar-refractivity contribution in [2.24, 2.45) is 17.3 Å². The largest absolute Gasteiger partial charge is 0.457 e. The maximum absolute atomic E-state index is 13.6. The van der Waals surface area contributed by atoms with E-state index in [9.17, 15) is 19.8 Å². The van der Waals surface area contributed by atoms with Crippen LogP contribution in [-0.2, 0) is 14.3 Å². The van der Waals surface area contributed by atoms with Gasteiger partial charge < -0.3 is 14.9 Å². The molecule has 6 nitrogen and oxygen atoms in total. The Morgan fingerprint density at radius 3 is 2.68 bits per heavy atom. The number of fused-ring (bicyclic) bond motifs is 1. The number of aryl methyl sites for hydroxylation is 1. The number of aromatic nitrogens is 1. The van der Waals surface area contributed by atoms with Crippen molar-refractivity contribution < 1.29 is 24.5 Å². The summed E-state index contributed by atoms with van der Waals surface area (Å²) in [6.45, 7) is 13.0. The Labute approximate surface area is 224 Å². The molecule has 0 radical (unpaired) electrons. The summed E-state index contributed by atoms with van der Waals surface area (Å²) in [4.78, 5) is 31.2. The van der Waals surface area contributed by atoms with E-state index in [1.54, 1.807) is 31.3 Å². The van der Waals surface area contributed by atoms with Gasteiger partial charge in [0, 0.05) is 12.3 Å². The topological polar surface area (TPSA) is 96.7 Å². The minimum atomic E-state index is -1.25. The van der Waals surface area contributed by atoms with E-state index < -0.39 is 35.6 Å². The minimum Gasteiger partial charge on any atom is -0.457 e. The van der Waals surface area contributed by atoms with E-state index in [1.807, 2.05) is 32.0 Å². The van der Waals surface area contributed by atoms with Crippen molar-refractivity contribution in [2.75, 3.05) is 0 Å². The molecule has 2 heterocycles. The van der Waals surface area contributed by atoms with Gasteiger partial charge >= 0.3 is 5.97 Å². The van der Waals surface area contributed by atoms with Gasteiger partial charge in [-0.1, -0.05) is 44.6 Å². The molecule has 1 aliphatic heterocycles. The second-order valence-corrected chi connectivity index (χ2v) is 12.3. The number of allylic oxidation sites excluding steroid dienone is 2. The molecule has 0 fully saturated rings. The Kier molecular flexibility index (Phi) is 9.84. The first-order valence-electron chi connectivity index (χ1n) is 13.2. The van der Waals surface area contributed by atoms with Crippen LogP contribution in [0.2, 0.25) is 0 Å². The first-order chi connectivity index (χ1) is 17.4. The number of carbonyl (C=O) groups excluding carboxylic acids is 2. The molecule has 0 amide bonds. The van der Waals surface area contributed by atoms with Crippen molar-refractivity contribution in [3.05, 3.63) is 53.1 Å². The molecule has 7 heteroatoms. The van der Waals surface area contributed by atoms with Crippen molar-refractivity contribution in [1.82, 2.24) is 4.98 Å². The number of esters is 1. The number of ether oxygens (including phenoxy) is 1. The van der Waals surface area contributed by atoms with Gasteiger partial charge in [-0.25, -0.2) is 4.98 Å². The molecule has 1 aromatic heterocycles. The fourth-order valence-electron chi connectivity index (χ4n) is 5.04. The summed E-state index contributed by atoms with van der Waals surface area (Å²) in [5.74, 6) is -1.62. The molecule has 3 rings (SSSR count). The highest BCUT2D eigenvalue weighted by Gasteiger charge is 2.43. The maximum atomic E-state index is 13.6. The Balaban J connectivity index is 1.93. The van der Waals surface area contributed by atoms with Gasteiger partial charge in [-0.2, -0.15) is 0 Å². The molecule has 0 aliphatic carbocycles. The average Bonchev–Trinajstić information content (AvgIpc) is 3.22. The van der Waals surface area contributed by atoms with Crippen molar-refractivity contribution in [3.63, 3.8) is 0 Å². The van der Waals surface area contributed by atoms with Crippen molar-refractivity contribution in [2.45, 2.75) is 91.5 Å². The molecule has 2 N–H and O–H groups in total. The normalized spacial score (nSPS) is 28.5. The van der Waals surface area contributed by atoms with E-state index in [0.717, 1.165) is 40.1 Å². The van der Waals surface area contributed by atoms with Crippen molar-refractivity contribution in [3.8, 4) is 0 Å². The molecule has 0 spiro atoms. The van der Waals surface area contributed by atoms with Crippen molar-refractivity contribution in [1.29, 1.82) is 0 Å². The van der Waals surface area contributed by atoms with E-state index in [2.05, 4.69) is 24.6 Å². The number of aliphatic hydroxyl groups is 2. The molecule has 1 aliphatic rings. The molecule has 37 heavy (non-hydrogen) atoms. The number of nitrogens with zero attached hydrogens (tertiary/aromatic N) is 1. The summed E-state index contributed by atoms with van der Waals surface area (Å²) in [6.07, 6.45) is 4.10. The highest BCUT2D eigenvalue weighted by atomic mass is 32.1. The summed E-state index contributed by atoms with van der Waals surface area (Å²) in [5.41, 5.74) is 1.66. The lowest BCUT2D eigenvalue weighted by Gasteiger charge is -2.35. The van der Waals surface area contributed by atoms with E-state index >= 15 is 0 Å². The fourth-order valence-corrected chi connectivity index (χ4v) is 5.84. The quantitative estimate of drug-likeness (QED) is 0.362.